The molecule has 184 valence electrons. The van der Waals surface area contributed by atoms with Crippen LogP contribution in [0.4, 0.5) is 0 Å². The van der Waals surface area contributed by atoms with Gasteiger partial charge in [0.05, 0.1) is 29.1 Å². The van der Waals surface area contributed by atoms with Gasteiger partial charge in [-0.2, -0.15) is 5.10 Å². The fraction of sp³-hybridized carbons (Fsp3) is 0.385. The standard InChI is InChI=1S/C26H27BrClN3O4/c1-14-7-15(28)9-16(8-14)31-24-18-10-20(27)22(34-4)11-21(18)35-13-19(24)23(29-31)25(33)30-6-5-17(32)12-26(30,2)3/h7-11,17,32H,5-6,12-13H2,1-4H3. The largest absolute Gasteiger partial charge is 0.495 e. The van der Waals surface area contributed by atoms with Crippen LogP contribution in [0.3, 0.4) is 0 Å². The van der Waals surface area contributed by atoms with Crippen molar-refractivity contribution in [1.29, 1.82) is 0 Å². The van der Waals surface area contributed by atoms with Gasteiger partial charge >= 0.3 is 0 Å². The summed E-state index contributed by atoms with van der Waals surface area (Å²) in [5.74, 6) is 1.13. The Labute approximate surface area is 217 Å². The zero-order valence-corrected chi connectivity index (χ0v) is 22.4. The summed E-state index contributed by atoms with van der Waals surface area (Å²) in [6, 6.07) is 9.47. The molecular weight excluding hydrogens is 534 g/mol. The molecule has 1 N–H and O–H groups in total. The number of aromatic nitrogens is 2. The number of benzene rings is 2. The molecule has 0 saturated carbocycles. The van der Waals surface area contributed by atoms with Crippen molar-refractivity contribution in [1.82, 2.24) is 14.7 Å². The van der Waals surface area contributed by atoms with Crippen molar-refractivity contribution in [2.45, 2.75) is 51.9 Å². The number of carbonyl (C=O) groups excluding carboxylic acids is 1. The smallest absolute Gasteiger partial charge is 0.275 e. The molecule has 1 aromatic heterocycles. The highest BCUT2D eigenvalue weighted by atomic mass is 79.9. The number of rotatable bonds is 3. The van der Waals surface area contributed by atoms with Gasteiger partial charge in [0, 0.05) is 34.3 Å². The number of piperidine rings is 1. The molecule has 2 aliphatic rings. The van der Waals surface area contributed by atoms with Crippen molar-refractivity contribution < 1.29 is 19.4 Å². The number of ether oxygens (including phenoxy) is 2. The van der Waals surface area contributed by atoms with Crippen LogP contribution in [0.25, 0.3) is 16.9 Å². The summed E-state index contributed by atoms with van der Waals surface area (Å²) in [5.41, 5.74) is 3.91. The van der Waals surface area contributed by atoms with Crippen molar-refractivity contribution in [3.63, 3.8) is 0 Å². The average molecular weight is 561 g/mol. The highest BCUT2D eigenvalue weighted by Gasteiger charge is 2.40. The van der Waals surface area contributed by atoms with Crippen molar-refractivity contribution in [3.8, 4) is 28.4 Å². The van der Waals surface area contributed by atoms with Crippen LogP contribution in [-0.4, -0.2) is 51.0 Å². The normalized spacial score (nSPS) is 18.5. The summed E-state index contributed by atoms with van der Waals surface area (Å²) in [6.45, 7) is 6.59. The zero-order chi connectivity index (χ0) is 25.1. The van der Waals surface area contributed by atoms with E-state index in [0.717, 1.165) is 32.5 Å². The van der Waals surface area contributed by atoms with E-state index >= 15 is 0 Å². The Kier molecular flexibility index (Phi) is 6.10. The van der Waals surface area contributed by atoms with Gasteiger partial charge in [-0.1, -0.05) is 11.6 Å². The van der Waals surface area contributed by atoms with E-state index in [0.29, 0.717) is 41.6 Å². The third-order valence-electron chi connectivity index (χ3n) is 6.74. The molecule has 0 radical (unpaired) electrons. The second-order valence-electron chi connectivity index (χ2n) is 9.76. The van der Waals surface area contributed by atoms with E-state index in [1.807, 2.05) is 56.0 Å². The van der Waals surface area contributed by atoms with E-state index in [9.17, 15) is 9.90 Å². The Morgan fingerprint density at radius 2 is 2.06 bits per heavy atom. The summed E-state index contributed by atoms with van der Waals surface area (Å²) >= 11 is 9.98. The number of hydrogen-bond acceptors (Lipinski definition) is 5. The lowest BCUT2D eigenvalue weighted by atomic mass is 9.88. The minimum atomic E-state index is -0.498. The number of amides is 1. The van der Waals surface area contributed by atoms with E-state index in [1.165, 1.54) is 0 Å². The summed E-state index contributed by atoms with van der Waals surface area (Å²) < 4.78 is 14.1. The van der Waals surface area contributed by atoms with E-state index < -0.39 is 11.6 Å². The first kappa shape index (κ1) is 24.2. The molecule has 1 atom stereocenters. The van der Waals surface area contributed by atoms with Gasteiger partial charge in [0.15, 0.2) is 5.69 Å². The maximum atomic E-state index is 13.9. The summed E-state index contributed by atoms with van der Waals surface area (Å²) in [4.78, 5) is 15.7. The third kappa shape index (κ3) is 4.21. The van der Waals surface area contributed by atoms with Gasteiger partial charge in [0.2, 0.25) is 0 Å². The topological polar surface area (TPSA) is 76.8 Å². The molecule has 35 heavy (non-hydrogen) atoms. The van der Waals surface area contributed by atoms with Crippen molar-refractivity contribution in [3.05, 3.63) is 56.6 Å². The van der Waals surface area contributed by atoms with Crippen LogP contribution >= 0.6 is 27.5 Å². The molecule has 1 amide bonds. The van der Waals surface area contributed by atoms with Crippen molar-refractivity contribution >= 4 is 33.4 Å². The molecule has 0 spiro atoms. The van der Waals surface area contributed by atoms with Crippen molar-refractivity contribution in [2.75, 3.05) is 13.7 Å². The zero-order valence-electron chi connectivity index (χ0n) is 20.1. The Morgan fingerprint density at radius 1 is 1.29 bits per heavy atom. The van der Waals surface area contributed by atoms with Crippen LogP contribution < -0.4 is 9.47 Å². The van der Waals surface area contributed by atoms with E-state index in [2.05, 4.69) is 15.9 Å². The van der Waals surface area contributed by atoms with Gasteiger partial charge < -0.3 is 19.5 Å². The predicted octanol–water partition coefficient (Wildman–Crippen LogP) is 5.54. The molecule has 0 aliphatic carbocycles. The SMILES string of the molecule is COc1cc2c(cc1Br)-c1c(c(C(=O)N3CCC(O)CC3(C)C)nn1-c1cc(C)cc(Cl)c1)CO2. The first-order valence-corrected chi connectivity index (χ1v) is 12.7. The number of likely N-dealkylation sites (tertiary alicyclic amines) is 1. The van der Waals surface area contributed by atoms with Crippen LogP contribution in [0, 0.1) is 6.92 Å². The average Bonchev–Trinajstić information content (AvgIpc) is 3.17. The lowest BCUT2D eigenvalue weighted by Crippen LogP contribution is -2.54. The Balaban J connectivity index is 1.72. The highest BCUT2D eigenvalue weighted by Crippen LogP contribution is 2.45. The predicted molar refractivity (Wildman–Crippen MR) is 138 cm³/mol. The molecule has 1 fully saturated rings. The number of halogens is 2. The first-order chi connectivity index (χ1) is 16.6. The number of nitrogens with zero attached hydrogens (tertiary/aromatic N) is 3. The van der Waals surface area contributed by atoms with Gasteiger partial charge in [-0.15, -0.1) is 0 Å². The molecule has 1 saturated heterocycles. The quantitative estimate of drug-likeness (QED) is 0.455. The fourth-order valence-corrected chi connectivity index (χ4v) is 5.87. The van der Waals surface area contributed by atoms with E-state index in [-0.39, 0.29) is 12.5 Å². The Hall–Kier alpha value is -2.55. The minimum absolute atomic E-state index is 0.171. The van der Waals surface area contributed by atoms with E-state index in [4.69, 9.17) is 26.2 Å². The van der Waals surface area contributed by atoms with Gasteiger partial charge in [0.25, 0.3) is 5.91 Å². The van der Waals surface area contributed by atoms with Crippen LogP contribution in [0.5, 0.6) is 11.5 Å². The summed E-state index contributed by atoms with van der Waals surface area (Å²) in [7, 11) is 1.60. The maximum Gasteiger partial charge on any atom is 0.275 e. The molecule has 2 aliphatic heterocycles. The molecule has 2 aromatic carbocycles. The lowest BCUT2D eigenvalue weighted by molar-refractivity contribution is 0.00276. The number of hydrogen-bond donors (Lipinski definition) is 1. The van der Waals surface area contributed by atoms with Crippen LogP contribution in [0.2, 0.25) is 5.02 Å². The highest BCUT2D eigenvalue weighted by molar-refractivity contribution is 9.10. The molecule has 3 aromatic rings. The summed E-state index contributed by atoms with van der Waals surface area (Å²) in [5, 5.41) is 15.6. The number of fused-ring (bicyclic) bond motifs is 3. The second-order valence-corrected chi connectivity index (χ2v) is 11.1. The van der Waals surface area contributed by atoms with Gasteiger partial charge in [-0.25, -0.2) is 4.68 Å². The third-order valence-corrected chi connectivity index (χ3v) is 7.57. The van der Waals surface area contributed by atoms with Crippen LogP contribution in [0.1, 0.15) is 48.3 Å². The Morgan fingerprint density at radius 3 is 2.74 bits per heavy atom. The monoisotopic (exact) mass is 559 g/mol. The van der Waals surface area contributed by atoms with Crippen LogP contribution in [-0.2, 0) is 6.61 Å². The number of aliphatic hydroxyl groups excluding tert-OH is 1. The molecule has 9 heteroatoms. The maximum absolute atomic E-state index is 13.9. The molecule has 1 unspecified atom stereocenters. The number of methoxy groups -OCH3 is 1. The molecular formula is C26H27BrClN3O4. The fourth-order valence-electron chi connectivity index (χ4n) is 5.08. The number of aryl methyl sites for hydroxylation is 1. The van der Waals surface area contributed by atoms with Gasteiger partial charge in [0.1, 0.15) is 18.1 Å². The minimum Gasteiger partial charge on any atom is -0.495 e. The number of carbonyl (C=O) groups is 1. The summed E-state index contributed by atoms with van der Waals surface area (Å²) in [6.07, 6.45) is 0.635. The van der Waals surface area contributed by atoms with Crippen molar-refractivity contribution in [2.24, 2.45) is 0 Å². The van der Waals surface area contributed by atoms with Crippen LogP contribution in [0.15, 0.2) is 34.8 Å². The molecule has 3 heterocycles. The van der Waals surface area contributed by atoms with Gasteiger partial charge in [-0.3, -0.25) is 4.79 Å². The van der Waals surface area contributed by atoms with E-state index in [1.54, 1.807) is 11.8 Å². The second kappa shape index (κ2) is 8.84. The Bertz CT molecular complexity index is 1320. The number of aliphatic hydroxyl groups is 1. The lowest BCUT2D eigenvalue weighted by Gasteiger charge is -2.44. The molecule has 7 nitrogen and oxygen atoms in total. The molecule has 5 rings (SSSR count). The first-order valence-electron chi connectivity index (χ1n) is 11.5. The van der Waals surface area contributed by atoms with Gasteiger partial charge in [-0.05, 0) is 79.4 Å². The molecule has 0 bridgehead atoms.